The van der Waals surface area contributed by atoms with E-state index in [0.29, 0.717) is 28.0 Å². The van der Waals surface area contributed by atoms with Gasteiger partial charge in [-0.2, -0.15) is 4.98 Å². The highest BCUT2D eigenvalue weighted by Crippen LogP contribution is 2.30. The molecule has 0 radical (unpaired) electrons. The molecule has 0 spiro atoms. The Kier molecular flexibility index (Phi) is 6.01. The van der Waals surface area contributed by atoms with E-state index in [-0.39, 0.29) is 5.91 Å². The van der Waals surface area contributed by atoms with E-state index in [1.807, 2.05) is 12.1 Å². The predicted octanol–water partition coefficient (Wildman–Crippen LogP) is 4.09. The number of likely N-dealkylation sites (N-methyl/N-ethyl adjacent to an activating group) is 1. The number of aryl methyl sites for hydroxylation is 1. The summed E-state index contributed by atoms with van der Waals surface area (Å²) >= 11 is 6.22. The maximum Gasteiger partial charge on any atom is 0.257 e. The number of aromatic nitrogens is 2. The van der Waals surface area contributed by atoms with Gasteiger partial charge < -0.3 is 19.6 Å². The lowest BCUT2D eigenvalue weighted by Crippen LogP contribution is -2.46. The molecule has 1 aromatic heterocycles. The number of nitrogens with one attached hydrogen (secondary N) is 1. The van der Waals surface area contributed by atoms with E-state index in [2.05, 4.69) is 32.2 Å². The smallest absolute Gasteiger partial charge is 0.257 e. The predicted molar refractivity (Wildman–Crippen MR) is 118 cm³/mol. The van der Waals surface area contributed by atoms with Gasteiger partial charge in [0, 0.05) is 42.3 Å². The van der Waals surface area contributed by atoms with Gasteiger partial charge in [-0.25, -0.2) is 0 Å². The Morgan fingerprint density at radius 1 is 1.13 bits per heavy atom. The number of hydrogen-bond acceptors (Lipinski definition) is 6. The fourth-order valence-electron chi connectivity index (χ4n) is 3.56. The average Bonchev–Trinajstić information content (AvgIpc) is 3.20. The molecule has 4 rings (SSSR count). The molecule has 0 atom stereocenters. The Hall–Kier alpha value is -2.90. The lowest BCUT2D eigenvalue weighted by molar-refractivity contribution is 0.102. The fourth-order valence-corrected chi connectivity index (χ4v) is 3.73. The van der Waals surface area contributed by atoms with Crippen molar-refractivity contribution in [2.24, 2.45) is 0 Å². The van der Waals surface area contributed by atoms with E-state index in [1.165, 1.54) is 0 Å². The van der Waals surface area contributed by atoms with Crippen molar-refractivity contribution in [1.82, 2.24) is 15.0 Å². The normalized spacial score (nSPS) is 14.7. The highest BCUT2D eigenvalue weighted by molar-refractivity contribution is 6.31. The Bertz CT molecular complexity index is 1030. The molecule has 7 nitrogen and oxygen atoms in total. The first-order valence-electron chi connectivity index (χ1n) is 10.0. The minimum Gasteiger partial charge on any atom is -0.367 e. The van der Waals surface area contributed by atoms with E-state index >= 15 is 0 Å². The van der Waals surface area contributed by atoms with Crippen molar-refractivity contribution >= 4 is 28.9 Å². The Morgan fingerprint density at radius 3 is 2.50 bits per heavy atom. The van der Waals surface area contributed by atoms with Gasteiger partial charge in [0.2, 0.25) is 0 Å². The van der Waals surface area contributed by atoms with Crippen molar-refractivity contribution in [3.8, 4) is 11.5 Å². The fraction of sp³-hybridized carbons (Fsp3) is 0.318. The third-order valence-corrected chi connectivity index (χ3v) is 5.52. The molecule has 0 saturated carbocycles. The summed E-state index contributed by atoms with van der Waals surface area (Å²) in [7, 11) is 0. The van der Waals surface area contributed by atoms with Gasteiger partial charge in [0.05, 0.1) is 11.4 Å². The molecule has 2 aromatic carbocycles. The van der Waals surface area contributed by atoms with Gasteiger partial charge >= 0.3 is 0 Å². The van der Waals surface area contributed by atoms with Crippen molar-refractivity contribution < 1.29 is 9.32 Å². The summed E-state index contributed by atoms with van der Waals surface area (Å²) in [6.07, 6.45) is 0. The molecule has 1 aliphatic heterocycles. The van der Waals surface area contributed by atoms with Gasteiger partial charge in [-0.3, -0.25) is 4.79 Å². The van der Waals surface area contributed by atoms with E-state index < -0.39 is 0 Å². The van der Waals surface area contributed by atoms with Crippen molar-refractivity contribution in [1.29, 1.82) is 0 Å². The molecule has 1 N–H and O–H groups in total. The van der Waals surface area contributed by atoms with E-state index in [0.717, 1.165) is 44.0 Å². The first-order chi connectivity index (χ1) is 14.5. The quantitative estimate of drug-likeness (QED) is 0.663. The molecular formula is C22H24ClN5O2. The van der Waals surface area contributed by atoms with Crippen molar-refractivity contribution in [2.75, 3.05) is 42.9 Å². The van der Waals surface area contributed by atoms with Crippen molar-refractivity contribution in [3.63, 3.8) is 0 Å². The molecule has 0 aliphatic carbocycles. The number of halogens is 1. The summed E-state index contributed by atoms with van der Waals surface area (Å²) in [4.78, 5) is 21.8. The zero-order valence-corrected chi connectivity index (χ0v) is 17.8. The number of amides is 1. The molecule has 2 heterocycles. The van der Waals surface area contributed by atoms with Crippen LogP contribution in [0.4, 0.5) is 11.4 Å². The van der Waals surface area contributed by atoms with E-state index in [1.54, 1.807) is 37.3 Å². The lowest BCUT2D eigenvalue weighted by atomic mass is 10.1. The maximum atomic E-state index is 12.9. The number of anilines is 2. The highest BCUT2D eigenvalue weighted by atomic mass is 35.5. The van der Waals surface area contributed by atoms with Crippen LogP contribution in [0.3, 0.4) is 0 Å². The maximum absolute atomic E-state index is 12.9. The SMILES string of the molecule is CCN1CCN(c2ccc(Cl)cc2NC(=O)c2ccc(-c3nc(C)no3)cc2)CC1. The van der Waals surface area contributed by atoms with Crippen LogP contribution in [-0.2, 0) is 0 Å². The second-order valence-electron chi connectivity index (χ2n) is 7.26. The Morgan fingerprint density at radius 2 is 1.87 bits per heavy atom. The van der Waals surface area contributed by atoms with Crippen molar-refractivity contribution in [3.05, 3.63) is 58.9 Å². The molecule has 1 saturated heterocycles. The molecule has 0 bridgehead atoms. The Balaban J connectivity index is 1.51. The average molecular weight is 426 g/mol. The monoisotopic (exact) mass is 425 g/mol. The van der Waals surface area contributed by atoms with Crippen LogP contribution in [-0.4, -0.2) is 53.7 Å². The van der Waals surface area contributed by atoms with Crippen LogP contribution >= 0.6 is 11.6 Å². The van der Waals surface area contributed by atoms with Crippen LogP contribution < -0.4 is 10.2 Å². The van der Waals surface area contributed by atoms with Crippen LogP contribution in [0.25, 0.3) is 11.5 Å². The number of rotatable bonds is 5. The first-order valence-corrected chi connectivity index (χ1v) is 10.4. The molecule has 30 heavy (non-hydrogen) atoms. The van der Waals surface area contributed by atoms with Gasteiger partial charge in [0.1, 0.15) is 0 Å². The zero-order valence-electron chi connectivity index (χ0n) is 17.1. The summed E-state index contributed by atoms with van der Waals surface area (Å²) < 4.78 is 5.17. The van der Waals surface area contributed by atoms with Crippen LogP contribution in [0.5, 0.6) is 0 Å². The van der Waals surface area contributed by atoms with E-state index in [9.17, 15) is 4.79 Å². The summed E-state index contributed by atoms with van der Waals surface area (Å²) in [5, 5.41) is 7.40. The second-order valence-corrected chi connectivity index (χ2v) is 7.70. The second kappa shape index (κ2) is 8.85. The standard InChI is InChI=1S/C22H24ClN5O2/c1-3-27-10-12-28(13-11-27)20-9-8-18(23)14-19(20)25-21(29)16-4-6-17(7-5-16)22-24-15(2)26-30-22/h4-9,14H,3,10-13H2,1-2H3,(H,25,29). The highest BCUT2D eigenvalue weighted by Gasteiger charge is 2.20. The number of carbonyl (C=O) groups is 1. The largest absolute Gasteiger partial charge is 0.367 e. The van der Waals surface area contributed by atoms with Crippen LogP contribution in [0.1, 0.15) is 23.1 Å². The van der Waals surface area contributed by atoms with Gasteiger partial charge in [-0.15, -0.1) is 0 Å². The molecule has 1 aliphatic rings. The molecule has 1 fully saturated rings. The molecule has 0 unspecified atom stereocenters. The summed E-state index contributed by atoms with van der Waals surface area (Å²) in [5.41, 5.74) is 3.01. The number of piperazine rings is 1. The number of hydrogen-bond donors (Lipinski definition) is 1. The molecule has 156 valence electrons. The minimum atomic E-state index is -0.195. The van der Waals surface area contributed by atoms with Gasteiger partial charge in [0.25, 0.3) is 11.8 Å². The van der Waals surface area contributed by atoms with E-state index in [4.69, 9.17) is 16.1 Å². The Labute approximate surface area is 180 Å². The third kappa shape index (κ3) is 4.47. The molecule has 1 amide bonds. The summed E-state index contributed by atoms with van der Waals surface area (Å²) in [6.45, 7) is 8.82. The van der Waals surface area contributed by atoms with Crippen LogP contribution in [0, 0.1) is 6.92 Å². The van der Waals surface area contributed by atoms with Crippen molar-refractivity contribution in [2.45, 2.75) is 13.8 Å². The molecule has 3 aromatic rings. The van der Waals surface area contributed by atoms with Crippen LogP contribution in [0.15, 0.2) is 47.0 Å². The summed E-state index contributed by atoms with van der Waals surface area (Å²) in [5.74, 6) is 0.807. The minimum absolute atomic E-state index is 0.195. The number of nitrogens with zero attached hydrogens (tertiary/aromatic N) is 4. The third-order valence-electron chi connectivity index (χ3n) is 5.29. The first kappa shape index (κ1) is 20.4. The van der Waals surface area contributed by atoms with Gasteiger partial charge in [0.15, 0.2) is 5.82 Å². The molecule has 8 heteroatoms. The lowest BCUT2D eigenvalue weighted by Gasteiger charge is -2.36. The topological polar surface area (TPSA) is 74.5 Å². The number of benzene rings is 2. The number of carbonyl (C=O) groups excluding carboxylic acids is 1. The van der Waals surface area contributed by atoms with Gasteiger partial charge in [-0.05, 0) is 55.9 Å². The van der Waals surface area contributed by atoms with Gasteiger partial charge in [-0.1, -0.05) is 23.7 Å². The van der Waals surface area contributed by atoms with Crippen LogP contribution in [0.2, 0.25) is 5.02 Å². The summed E-state index contributed by atoms with van der Waals surface area (Å²) in [6, 6.07) is 12.7. The zero-order chi connectivity index (χ0) is 21.1. The molecular weight excluding hydrogens is 402 g/mol.